The third-order valence-corrected chi connectivity index (χ3v) is 5.17. The van der Waals surface area contributed by atoms with Gasteiger partial charge in [0.05, 0.1) is 6.10 Å². The van der Waals surface area contributed by atoms with E-state index in [1.165, 1.54) is 0 Å². The molecule has 1 aliphatic rings. The summed E-state index contributed by atoms with van der Waals surface area (Å²) in [5, 5.41) is 11.7. The summed E-state index contributed by atoms with van der Waals surface area (Å²) in [5.41, 5.74) is 1.00. The van der Waals surface area contributed by atoms with Crippen molar-refractivity contribution in [2.45, 2.75) is 36.9 Å². The first-order chi connectivity index (χ1) is 9.04. The molecule has 3 unspecified atom stereocenters. The van der Waals surface area contributed by atoms with E-state index in [0.717, 1.165) is 36.1 Å². The molecule has 0 aromatic heterocycles. The third-order valence-electron chi connectivity index (χ3n) is 3.45. The number of halogens is 1. The van der Waals surface area contributed by atoms with Crippen LogP contribution in [0.5, 0.6) is 0 Å². The molecular weight excluding hydrogens is 322 g/mol. The lowest BCUT2D eigenvalue weighted by Crippen LogP contribution is -2.41. The summed E-state index contributed by atoms with van der Waals surface area (Å²) in [4.78, 5) is 2.48. The fraction of sp³-hybridized carbons (Fsp3) is 0.600. The highest BCUT2D eigenvalue weighted by atomic mass is 79.9. The van der Waals surface area contributed by atoms with Gasteiger partial charge in [-0.05, 0) is 24.1 Å². The van der Waals surface area contributed by atoms with Gasteiger partial charge < -0.3 is 10.0 Å². The van der Waals surface area contributed by atoms with Crippen LogP contribution in [-0.2, 0) is 0 Å². The molecule has 2 nitrogen and oxygen atoms in total. The maximum absolute atomic E-state index is 10.3. The van der Waals surface area contributed by atoms with Gasteiger partial charge in [0.15, 0.2) is 0 Å². The molecule has 0 saturated carbocycles. The van der Waals surface area contributed by atoms with Crippen LogP contribution in [0.4, 0.5) is 0 Å². The smallest absolute Gasteiger partial charge is 0.0802 e. The molecule has 1 N–H and O–H groups in total. The quantitative estimate of drug-likeness (QED) is 0.901. The van der Waals surface area contributed by atoms with Crippen LogP contribution in [0, 0.1) is 0 Å². The minimum atomic E-state index is -0.363. The maximum Gasteiger partial charge on any atom is 0.0802 e. The summed E-state index contributed by atoms with van der Waals surface area (Å²) >= 11 is 5.52. The van der Waals surface area contributed by atoms with Gasteiger partial charge in [-0.2, -0.15) is 11.8 Å². The topological polar surface area (TPSA) is 23.5 Å². The molecule has 1 aliphatic heterocycles. The van der Waals surface area contributed by atoms with Crippen LogP contribution in [0.25, 0.3) is 0 Å². The van der Waals surface area contributed by atoms with Crippen LogP contribution in [0.2, 0.25) is 0 Å². The average molecular weight is 344 g/mol. The molecule has 0 radical (unpaired) electrons. The van der Waals surface area contributed by atoms with Crippen molar-refractivity contribution in [1.82, 2.24) is 4.90 Å². The van der Waals surface area contributed by atoms with Crippen molar-refractivity contribution < 1.29 is 5.11 Å². The Balaban J connectivity index is 1.84. The molecule has 1 aromatic carbocycles. The second-order valence-electron chi connectivity index (χ2n) is 5.38. The molecule has 19 heavy (non-hydrogen) atoms. The first-order valence-electron chi connectivity index (χ1n) is 6.86. The number of benzene rings is 1. The van der Waals surface area contributed by atoms with Gasteiger partial charge >= 0.3 is 0 Å². The van der Waals surface area contributed by atoms with Crippen LogP contribution < -0.4 is 0 Å². The number of hydrogen-bond acceptors (Lipinski definition) is 3. The molecule has 0 spiro atoms. The van der Waals surface area contributed by atoms with Crippen molar-refractivity contribution in [3.05, 3.63) is 34.3 Å². The maximum atomic E-state index is 10.3. The molecular formula is C15H22BrNOS. The average Bonchev–Trinajstić information content (AvgIpc) is 2.35. The largest absolute Gasteiger partial charge is 0.388 e. The minimum Gasteiger partial charge on any atom is -0.388 e. The van der Waals surface area contributed by atoms with Crippen LogP contribution in [0.3, 0.4) is 0 Å². The van der Waals surface area contributed by atoms with Crippen molar-refractivity contribution in [3.63, 3.8) is 0 Å². The molecule has 0 aliphatic carbocycles. The van der Waals surface area contributed by atoms with Gasteiger partial charge in [0.25, 0.3) is 0 Å². The van der Waals surface area contributed by atoms with E-state index in [4.69, 9.17) is 0 Å². The summed E-state index contributed by atoms with van der Waals surface area (Å²) in [6.45, 7) is 7.83. The Kier molecular flexibility index (Phi) is 5.75. The third kappa shape index (κ3) is 4.78. The van der Waals surface area contributed by atoms with Crippen LogP contribution in [-0.4, -0.2) is 40.1 Å². The zero-order valence-corrected chi connectivity index (χ0v) is 14.0. The van der Waals surface area contributed by atoms with E-state index in [9.17, 15) is 5.11 Å². The molecule has 4 heteroatoms. The lowest BCUT2D eigenvalue weighted by Gasteiger charge is -2.35. The van der Waals surface area contributed by atoms with E-state index in [1.807, 2.05) is 24.3 Å². The molecule has 2 rings (SSSR count). The van der Waals surface area contributed by atoms with E-state index in [1.54, 1.807) is 0 Å². The van der Waals surface area contributed by atoms with Crippen molar-refractivity contribution in [3.8, 4) is 0 Å². The highest BCUT2D eigenvalue weighted by Crippen LogP contribution is 2.26. The monoisotopic (exact) mass is 343 g/mol. The standard InChI is InChI=1S/C15H22BrNOS/c1-11-9-17(10-12(2)19-11)7-6-15(18)13-4-3-5-14(16)8-13/h3-5,8,11-12,15,18H,6-7,9-10H2,1-2H3. The number of nitrogens with zero attached hydrogens (tertiary/aromatic N) is 1. The van der Waals surface area contributed by atoms with Gasteiger partial charge in [0.1, 0.15) is 0 Å². The Morgan fingerprint density at radius 1 is 1.37 bits per heavy atom. The van der Waals surface area contributed by atoms with Gasteiger partial charge in [0, 0.05) is 34.6 Å². The van der Waals surface area contributed by atoms with Crippen LogP contribution in [0.15, 0.2) is 28.7 Å². The lowest BCUT2D eigenvalue weighted by atomic mass is 10.1. The summed E-state index contributed by atoms with van der Waals surface area (Å²) in [6, 6.07) is 7.96. The Morgan fingerprint density at radius 2 is 2.05 bits per heavy atom. The summed E-state index contributed by atoms with van der Waals surface area (Å²) in [7, 11) is 0. The molecule has 0 bridgehead atoms. The molecule has 1 heterocycles. The normalized spacial score (nSPS) is 26.3. The number of aliphatic hydroxyl groups excluding tert-OH is 1. The zero-order valence-electron chi connectivity index (χ0n) is 11.6. The number of aliphatic hydroxyl groups is 1. The predicted molar refractivity (Wildman–Crippen MR) is 86.7 cm³/mol. The number of hydrogen-bond donors (Lipinski definition) is 1. The van der Waals surface area contributed by atoms with E-state index in [0.29, 0.717) is 10.5 Å². The first kappa shape index (κ1) is 15.4. The lowest BCUT2D eigenvalue weighted by molar-refractivity contribution is 0.141. The summed E-state index contributed by atoms with van der Waals surface area (Å²) in [5.74, 6) is 0. The van der Waals surface area contributed by atoms with Crippen molar-refractivity contribution in [2.24, 2.45) is 0 Å². The van der Waals surface area contributed by atoms with E-state index in [2.05, 4.69) is 46.4 Å². The molecule has 106 valence electrons. The SMILES string of the molecule is CC1CN(CCC(O)c2cccc(Br)c2)CC(C)S1. The molecule has 1 aromatic rings. The number of rotatable bonds is 4. The van der Waals surface area contributed by atoms with E-state index < -0.39 is 0 Å². The second-order valence-corrected chi connectivity index (χ2v) is 8.17. The Labute approximate surface area is 128 Å². The highest BCUT2D eigenvalue weighted by Gasteiger charge is 2.22. The summed E-state index contributed by atoms with van der Waals surface area (Å²) in [6.07, 6.45) is 0.443. The van der Waals surface area contributed by atoms with E-state index >= 15 is 0 Å². The molecule has 0 amide bonds. The second kappa shape index (κ2) is 7.11. The van der Waals surface area contributed by atoms with E-state index in [-0.39, 0.29) is 6.10 Å². The molecule has 1 fully saturated rings. The first-order valence-corrected chi connectivity index (χ1v) is 8.59. The van der Waals surface area contributed by atoms with Gasteiger partial charge in [0.2, 0.25) is 0 Å². The minimum absolute atomic E-state index is 0.363. The predicted octanol–water partition coefficient (Wildman–Crippen LogP) is 3.70. The molecule has 3 atom stereocenters. The van der Waals surface area contributed by atoms with Crippen molar-refractivity contribution in [1.29, 1.82) is 0 Å². The van der Waals surface area contributed by atoms with Gasteiger partial charge in [-0.25, -0.2) is 0 Å². The Bertz CT molecular complexity index is 405. The van der Waals surface area contributed by atoms with Gasteiger partial charge in [-0.1, -0.05) is 41.9 Å². The number of thioether (sulfide) groups is 1. The van der Waals surface area contributed by atoms with Gasteiger partial charge in [-0.15, -0.1) is 0 Å². The molecule has 1 saturated heterocycles. The zero-order chi connectivity index (χ0) is 13.8. The van der Waals surface area contributed by atoms with Crippen molar-refractivity contribution >= 4 is 27.7 Å². The summed E-state index contributed by atoms with van der Waals surface area (Å²) < 4.78 is 1.03. The Morgan fingerprint density at radius 3 is 2.68 bits per heavy atom. The van der Waals surface area contributed by atoms with Crippen molar-refractivity contribution in [2.75, 3.05) is 19.6 Å². The van der Waals surface area contributed by atoms with Crippen LogP contribution in [0.1, 0.15) is 31.9 Å². The Hall–Kier alpha value is -0.0300. The fourth-order valence-corrected chi connectivity index (χ4v) is 4.46. The fourth-order valence-electron chi connectivity index (χ4n) is 2.65. The van der Waals surface area contributed by atoms with Crippen LogP contribution >= 0.6 is 27.7 Å². The highest BCUT2D eigenvalue weighted by molar-refractivity contribution is 9.10. The van der Waals surface area contributed by atoms with Gasteiger partial charge in [-0.3, -0.25) is 0 Å².